The van der Waals surface area contributed by atoms with E-state index in [2.05, 4.69) is 19.6 Å². The molecule has 0 aliphatic carbocycles. The molecule has 15 heavy (non-hydrogen) atoms. The first-order chi connectivity index (χ1) is 7.22. The lowest BCUT2D eigenvalue weighted by molar-refractivity contribution is -0.116. The summed E-state index contributed by atoms with van der Waals surface area (Å²) < 4.78 is 5.72. The minimum atomic E-state index is -0.0344. The van der Waals surface area contributed by atoms with E-state index in [1.165, 1.54) is 11.6 Å². The maximum absolute atomic E-state index is 11.3. The smallest absolute Gasteiger partial charge is 0.158 e. The van der Waals surface area contributed by atoms with Crippen LogP contribution in [0.5, 0.6) is 5.75 Å². The molecule has 0 radical (unpaired) electrons. The lowest BCUT2D eigenvalue weighted by atomic mass is 9.95. The standard InChI is InChI=1S/C13H14O2/c1-3-10(14)8-13-9(2)11-6-4-5-7-12(11)15-13/h3-7,9,13H,1,8H2,2H3. The monoisotopic (exact) mass is 202 g/mol. The van der Waals surface area contributed by atoms with E-state index in [-0.39, 0.29) is 17.8 Å². The summed E-state index contributed by atoms with van der Waals surface area (Å²) in [6, 6.07) is 7.95. The predicted molar refractivity (Wildman–Crippen MR) is 59.1 cm³/mol. The highest BCUT2D eigenvalue weighted by Gasteiger charge is 2.31. The van der Waals surface area contributed by atoms with Crippen molar-refractivity contribution >= 4 is 5.78 Å². The Kier molecular flexibility index (Phi) is 2.58. The molecule has 2 atom stereocenters. The van der Waals surface area contributed by atoms with Crippen molar-refractivity contribution in [2.45, 2.75) is 25.4 Å². The Morgan fingerprint density at radius 1 is 1.53 bits per heavy atom. The van der Waals surface area contributed by atoms with Crippen LogP contribution in [0.3, 0.4) is 0 Å². The number of rotatable bonds is 3. The Morgan fingerprint density at radius 2 is 2.27 bits per heavy atom. The first kappa shape index (κ1) is 9.97. The van der Waals surface area contributed by atoms with Gasteiger partial charge in [0.15, 0.2) is 5.78 Å². The highest BCUT2D eigenvalue weighted by molar-refractivity contribution is 5.89. The van der Waals surface area contributed by atoms with Crippen molar-refractivity contribution in [1.29, 1.82) is 0 Å². The lowest BCUT2D eigenvalue weighted by Crippen LogP contribution is -2.20. The van der Waals surface area contributed by atoms with E-state index in [0.29, 0.717) is 6.42 Å². The molecule has 1 aliphatic heterocycles. The molecule has 2 rings (SSSR count). The number of hydrogen-bond donors (Lipinski definition) is 0. The molecule has 1 heterocycles. The van der Waals surface area contributed by atoms with Gasteiger partial charge in [-0.2, -0.15) is 0 Å². The van der Waals surface area contributed by atoms with Gasteiger partial charge in [0.25, 0.3) is 0 Å². The summed E-state index contributed by atoms with van der Waals surface area (Å²) >= 11 is 0. The number of ether oxygens (including phenoxy) is 1. The first-order valence-electron chi connectivity index (χ1n) is 5.13. The number of benzene rings is 1. The molecule has 2 heteroatoms. The number of fused-ring (bicyclic) bond motifs is 1. The fourth-order valence-electron chi connectivity index (χ4n) is 1.93. The van der Waals surface area contributed by atoms with Gasteiger partial charge in [0, 0.05) is 17.9 Å². The molecule has 1 aliphatic rings. The van der Waals surface area contributed by atoms with Gasteiger partial charge in [-0.25, -0.2) is 0 Å². The molecule has 2 unspecified atom stereocenters. The van der Waals surface area contributed by atoms with Crippen molar-refractivity contribution in [3.63, 3.8) is 0 Å². The zero-order valence-electron chi connectivity index (χ0n) is 8.77. The second-order valence-electron chi connectivity index (χ2n) is 3.86. The second kappa shape index (κ2) is 3.89. The Hall–Kier alpha value is -1.57. The number of allylic oxidation sites excluding steroid dienone is 1. The predicted octanol–water partition coefficient (Wildman–Crippen LogP) is 2.70. The second-order valence-corrected chi connectivity index (χ2v) is 3.86. The summed E-state index contributed by atoms with van der Waals surface area (Å²) in [6.45, 7) is 5.56. The summed E-state index contributed by atoms with van der Waals surface area (Å²) in [7, 11) is 0. The van der Waals surface area contributed by atoms with Crippen LogP contribution in [0.25, 0.3) is 0 Å². The minimum absolute atomic E-state index is 0.0344. The third kappa shape index (κ3) is 1.80. The van der Waals surface area contributed by atoms with E-state index in [1.807, 2.05) is 18.2 Å². The molecule has 0 amide bonds. The van der Waals surface area contributed by atoms with Crippen LogP contribution in [0, 0.1) is 0 Å². The van der Waals surface area contributed by atoms with Gasteiger partial charge in [-0.15, -0.1) is 0 Å². The Bertz CT molecular complexity index is 395. The van der Waals surface area contributed by atoms with Gasteiger partial charge in [-0.1, -0.05) is 31.7 Å². The first-order valence-corrected chi connectivity index (χ1v) is 5.13. The van der Waals surface area contributed by atoms with Gasteiger partial charge in [0.05, 0.1) is 0 Å². The summed E-state index contributed by atoms with van der Waals surface area (Å²) in [5.41, 5.74) is 1.19. The Labute approximate surface area is 89.6 Å². The molecule has 78 valence electrons. The molecule has 0 aromatic heterocycles. The van der Waals surface area contributed by atoms with E-state index in [1.54, 1.807) is 0 Å². The molecule has 2 nitrogen and oxygen atoms in total. The molecular formula is C13H14O2. The SMILES string of the molecule is C=CC(=O)CC1Oc2ccccc2C1C. The van der Waals surface area contributed by atoms with Crippen molar-refractivity contribution in [3.05, 3.63) is 42.5 Å². The third-order valence-corrected chi connectivity index (χ3v) is 2.88. The van der Waals surface area contributed by atoms with Gasteiger partial charge in [-0.05, 0) is 12.1 Å². The number of hydrogen-bond acceptors (Lipinski definition) is 2. The molecule has 0 spiro atoms. The molecular weight excluding hydrogens is 188 g/mol. The van der Waals surface area contributed by atoms with Gasteiger partial charge in [0.1, 0.15) is 11.9 Å². The van der Waals surface area contributed by atoms with Crippen LogP contribution >= 0.6 is 0 Å². The number of carbonyl (C=O) groups excluding carboxylic acids is 1. The quantitative estimate of drug-likeness (QED) is 0.704. The highest BCUT2D eigenvalue weighted by Crippen LogP contribution is 2.38. The van der Waals surface area contributed by atoms with Crippen LogP contribution in [0.4, 0.5) is 0 Å². The van der Waals surface area contributed by atoms with E-state index < -0.39 is 0 Å². The summed E-state index contributed by atoms with van der Waals surface area (Å²) in [5.74, 6) is 1.23. The largest absolute Gasteiger partial charge is 0.489 e. The maximum atomic E-state index is 11.3. The van der Waals surface area contributed by atoms with Crippen LogP contribution in [-0.2, 0) is 4.79 Å². The van der Waals surface area contributed by atoms with Crippen molar-refractivity contribution in [2.75, 3.05) is 0 Å². The van der Waals surface area contributed by atoms with E-state index >= 15 is 0 Å². The molecule has 0 saturated heterocycles. The zero-order chi connectivity index (χ0) is 10.8. The fourth-order valence-corrected chi connectivity index (χ4v) is 1.93. The fraction of sp³-hybridized carbons (Fsp3) is 0.308. The molecule has 1 aromatic carbocycles. The lowest BCUT2D eigenvalue weighted by Gasteiger charge is -2.13. The molecule has 1 aromatic rings. The highest BCUT2D eigenvalue weighted by atomic mass is 16.5. The van der Waals surface area contributed by atoms with Crippen molar-refractivity contribution < 1.29 is 9.53 Å². The number of ketones is 1. The number of carbonyl (C=O) groups is 1. The van der Waals surface area contributed by atoms with E-state index in [0.717, 1.165) is 5.75 Å². The van der Waals surface area contributed by atoms with Gasteiger partial charge >= 0.3 is 0 Å². The maximum Gasteiger partial charge on any atom is 0.158 e. The van der Waals surface area contributed by atoms with Crippen LogP contribution in [0.2, 0.25) is 0 Å². The minimum Gasteiger partial charge on any atom is -0.489 e. The summed E-state index contributed by atoms with van der Waals surface area (Å²) in [4.78, 5) is 11.3. The van der Waals surface area contributed by atoms with Crippen LogP contribution in [0.15, 0.2) is 36.9 Å². The Balaban J connectivity index is 2.16. The average Bonchev–Trinajstić information content (AvgIpc) is 2.57. The van der Waals surface area contributed by atoms with Crippen LogP contribution in [0.1, 0.15) is 24.8 Å². The summed E-state index contributed by atoms with van der Waals surface area (Å²) in [6.07, 6.45) is 1.74. The van der Waals surface area contributed by atoms with Crippen molar-refractivity contribution in [3.8, 4) is 5.75 Å². The molecule has 0 saturated carbocycles. The zero-order valence-corrected chi connectivity index (χ0v) is 8.77. The van der Waals surface area contributed by atoms with Crippen LogP contribution in [-0.4, -0.2) is 11.9 Å². The molecule has 0 fully saturated rings. The van der Waals surface area contributed by atoms with Gasteiger partial charge in [0.2, 0.25) is 0 Å². The summed E-state index contributed by atoms with van der Waals surface area (Å²) in [5, 5.41) is 0. The molecule has 0 N–H and O–H groups in total. The normalized spacial score (nSPS) is 23.0. The van der Waals surface area contributed by atoms with Crippen LogP contribution < -0.4 is 4.74 Å². The number of para-hydroxylation sites is 1. The van der Waals surface area contributed by atoms with E-state index in [9.17, 15) is 4.79 Å². The van der Waals surface area contributed by atoms with Crippen molar-refractivity contribution in [1.82, 2.24) is 0 Å². The topological polar surface area (TPSA) is 26.3 Å². The Morgan fingerprint density at radius 3 is 2.93 bits per heavy atom. The van der Waals surface area contributed by atoms with Gasteiger partial charge < -0.3 is 4.74 Å². The van der Waals surface area contributed by atoms with E-state index in [4.69, 9.17) is 4.74 Å². The van der Waals surface area contributed by atoms with Crippen molar-refractivity contribution in [2.24, 2.45) is 0 Å². The average molecular weight is 202 g/mol. The third-order valence-electron chi connectivity index (χ3n) is 2.88. The molecule has 0 bridgehead atoms. The van der Waals surface area contributed by atoms with Gasteiger partial charge in [-0.3, -0.25) is 4.79 Å².